The first-order chi connectivity index (χ1) is 13.1. The lowest BCUT2D eigenvalue weighted by molar-refractivity contribution is -0.178. The number of hydrogen-bond donors (Lipinski definition) is 0. The molecule has 1 aliphatic rings. The predicted molar refractivity (Wildman–Crippen MR) is 117 cm³/mol. The first kappa shape index (κ1) is 23.6. The van der Waals surface area contributed by atoms with E-state index < -0.39 is 8.32 Å². The molecule has 2 rings (SSSR count). The molecule has 1 aliphatic heterocycles. The Kier molecular flexibility index (Phi) is 8.29. The van der Waals surface area contributed by atoms with Crippen molar-refractivity contribution in [2.75, 3.05) is 13.4 Å². The van der Waals surface area contributed by atoms with E-state index in [-0.39, 0.29) is 29.6 Å². The summed E-state index contributed by atoms with van der Waals surface area (Å²) in [5.74, 6) is 0. The van der Waals surface area contributed by atoms with Gasteiger partial charge >= 0.3 is 0 Å². The van der Waals surface area contributed by atoms with Gasteiger partial charge in [-0.1, -0.05) is 58.0 Å². The van der Waals surface area contributed by atoms with Gasteiger partial charge in [-0.05, 0) is 49.9 Å². The standard InChI is InChI=1S/C23H40O4Si/c1-8-23(19(2)25-18-24-16-20-12-10-9-11-13-20)15-14-21(27-23)17-26-28(6,7)22(3,4)5/h9-13,19,21H,8,14-18H2,1-7H3/t19-,21-,23+/m1/s1. The van der Waals surface area contributed by atoms with Gasteiger partial charge in [0.25, 0.3) is 0 Å². The number of hydrogen-bond acceptors (Lipinski definition) is 4. The Morgan fingerprint density at radius 3 is 2.50 bits per heavy atom. The second-order valence-corrected chi connectivity index (χ2v) is 14.3. The molecule has 0 bridgehead atoms. The molecule has 1 saturated heterocycles. The fourth-order valence-corrected chi connectivity index (χ4v) is 4.41. The van der Waals surface area contributed by atoms with Gasteiger partial charge in [-0.25, -0.2) is 0 Å². The molecular formula is C23H40O4Si. The van der Waals surface area contributed by atoms with Gasteiger partial charge < -0.3 is 18.6 Å². The van der Waals surface area contributed by atoms with Crippen LogP contribution in [0.3, 0.4) is 0 Å². The molecule has 160 valence electrons. The van der Waals surface area contributed by atoms with Gasteiger partial charge in [0, 0.05) is 0 Å². The summed E-state index contributed by atoms with van der Waals surface area (Å²) in [7, 11) is -1.75. The maximum Gasteiger partial charge on any atom is 0.192 e. The van der Waals surface area contributed by atoms with Crippen LogP contribution in [0.15, 0.2) is 30.3 Å². The van der Waals surface area contributed by atoms with Crippen LogP contribution in [0, 0.1) is 0 Å². The van der Waals surface area contributed by atoms with Gasteiger partial charge in [0.05, 0.1) is 31.0 Å². The van der Waals surface area contributed by atoms with E-state index in [9.17, 15) is 0 Å². The van der Waals surface area contributed by atoms with Gasteiger partial charge in [0.2, 0.25) is 0 Å². The minimum absolute atomic E-state index is 0.00820. The lowest BCUT2D eigenvalue weighted by Gasteiger charge is -2.38. The van der Waals surface area contributed by atoms with E-state index in [1.165, 1.54) is 0 Å². The Bertz CT molecular complexity index is 584. The molecule has 0 saturated carbocycles. The molecule has 1 aromatic carbocycles. The number of rotatable bonds is 10. The molecule has 0 unspecified atom stereocenters. The molecule has 1 heterocycles. The van der Waals surface area contributed by atoms with Crippen LogP contribution in [0.25, 0.3) is 0 Å². The smallest absolute Gasteiger partial charge is 0.192 e. The van der Waals surface area contributed by atoms with Crippen molar-refractivity contribution in [2.24, 2.45) is 0 Å². The second kappa shape index (κ2) is 9.85. The average molecular weight is 409 g/mol. The molecule has 3 atom stereocenters. The molecule has 0 spiro atoms. The summed E-state index contributed by atoms with van der Waals surface area (Å²) in [6, 6.07) is 10.2. The molecule has 0 amide bonds. The van der Waals surface area contributed by atoms with Crippen molar-refractivity contribution < 1.29 is 18.6 Å². The summed E-state index contributed by atoms with van der Waals surface area (Å²) in [6.45, 7) is 17.2. The van der Waals surface area contributed by atoms with Gasteiger partial charge in [-0.3, -0.25) is 0 Å². The third kappa shape index (κ3) is 6.14. The molecular weight excluding hydrogens is 368 g/mol. The van der Waals surface area contributed by atoms with Crippen molar-refractivity contribution in [1.29, 1.82) is 0 Å². The Morgan fingerprint density at radius 2 is 1.89 bits per heavy atom. The summed E-state index contributed by atoms with van der Waals surface area (Å²) in [5.41, 5.74) is 0.918. The molecule has 0 N–H and O–H groups in total. The summed E-state index contributed by atoms with van der Waals surface area (Å²) < 4.78 is 24.6. The molecule has 0 aliphatic carbocycles. The minimum atomic E-state index is -1.75. The number of ether oxygens (including phenoxy) is 3. The van der Waals surface area contributed by atoms with Crippen LogP contribution in [0.2, 0.25) is 18.1 Å². The van der Waals surface area contributed by atoms with Crippen LogP contribution >= 0.6 is 0 Å². The topological polar surface area (TPSA) is 36.9 Å². The minimum Gasteiger partial charge on any atom is -0.414 e. The van der Waals surface area contributed by atoms with Crippen molar-refractivity contribution in [1.82, 2.24) is 0 Å². The molecule has 28 heavy (non-hydrogen) atoms. The summed E-state index contributed by atoms with van der Waals surface area (Å²) in [4.78, 5) is 0. The zero-order valence-corrected chi connectivity index (χ0v) is 19.9. The molecule has 0 radical (unpaired) electrons. The zero-order chi connectivity index (χ0) is 20.8. The van der Waals surface area contributed by atoms with E-state index in [0.717, 1.165) is 24.8 Å². The lowest BCUT2D eigenvalue weighted by Crippen LogP contribution is -2.45. The van der Waals surface area contributed by atoms with Crippen LogP contribution in [-0.4, -0.2) is 39.5 Å². The van der Waals surface area contributed by atoms with Crippen LogP contribution in [0.4, 0.5) is 0 Å². The molecule has 4 nitrogen and oxygen atoms in total. The first-order valence-corrected chi connectivity index (χ1v) is 13.6. The molecule has 0 aromatic heterocycles. The average Bonchev–Trinajstić information content (AvgIpc) is 3.08. The Labute approximate surface area is 173 Å². The largest absolute Gasteiger partial charge is 0.414 e. The summed E-state index contributed by atoms with van der Waals surface area (Å²) >= 11 is 0. The quantitative estimate of drug-likeness (QED) is 0.274. The van der Waals surface area contributed by atoms with E-state index in [2.05, 4.69) is 59.8 Å². The SMILES string of the molecule is CC[C@@]1([C@@H](C)OCOCc2ccccc2)CC[C@H](CO[Si](C)(C)C(C)(C)C)O1. The van der Waals surface area contributed by atoms with Crippen molar-refractivity contribution in [3.8, 4) is 0 Å². The van der Waals surface area contributed by atoms with E-state index in [0.29, 0.717) is 13.2 Å². The number of benzene rings is 1. The lowest BCUT2D eigenvalue weighted by atomic mass is 9.91. The molecule has 1 fully saturated rings. The van der Waals surface area contributed by atoms with E-state index >= 15 is 0 Å². The molecule has 1 aromatic rings. The van der Waals surface area contributed by atoms with Crippen LogP contribution < -0.4 is 0 Å². The van der Waals surface area contributed by atoms with Gasteiger partial charge in [0.15, 0.2) is 8.32 Å². The fourth-order valence-electron chi connectivity index (χ4n) is 3.37. The van der Waals surface area contributed by atoms with Gasteiger partial charge in [0.1, 0.15) is 6.79 Å². The normalized spacial score (nSPS) is 24.5. The van der Waals surface area contributed by atoms with Crippen LogP contribution in [0.1, 0.15) is 59.4 Å². The maximum atomic E-state index is 6.50. The summed E-state index contributed by atoms with van der Waals surface area (Å²) in [5, 5.41) is 0.222. The monoisotopic (exact) mass is 408 g/mol. The second-order valence-electron chi connectivity index (χ2n) is 9.53. The van der Waals surface area contributed by atoms with E-state index in [1.54, 1.807) is 0 Å². The Morgan fingerprint density at radius 1 is 1.21 bits per heavy atom. The highest BCUT2D eigenvalue weighted by molar-refractivity contribution is 6.74. The third-order valence-electron chi connectivity index (χ3n) is 6.58. The van der Waals surface area contributed by atoms with Crippen molar-refractivity contribution in [3.05, 3.63) is 35.9 Å². The van der Waals surface area contributed by atoms with Gasteiger partial charge in [-0.2, -0.15) is 0 Å². The highest BCUT2D eigenvalue weighted by Gasteiger charge is 2.45. The van der Waals surface area contributed by atoms with Crippen LogP contribution in [0.5, 0.6) is 0 Å². The van der Waals surface area contributed by atoms with Gasteiger partial charge in [-0.15, -0.1) is 0 Å². The molecule has 5 heteroatoms. The predicted octanol–water partition coefficient (Wildman–Crippen LogP) is 5.92. The van der Waals surface area contributed by atoms with Crippen LogP contribution in [-0.2, 0) is 25.2 Å². The van der Waals surface area contributed by atoms with Crippen molar-refractivity contribution >= 4 is 8.32 Å². The highest BCUT2D eigenvalue weighted by atomic mass is 28.4. The van der Waals surface area contributed by atoms with Crippen molar-refractivity contribution in [2.45, 2.75) is 96.4 Å². The fraction of sp³-hybridized carbons (Fsp3) is 0.739. The Balaban J connectivity index is 1.79. The van der Waals surface area contributed by atoms with Crippen molar-refractivity contribution in [3.63, 3.8) is 0 Å². The Hall–Kier alpha value is -0.723. The zero-order valence-electron chi connectivity index (χ0n) is 18.9. The van der Waals surface area contributed by atoms with E-state index in [4.69, 9.17) is 18.6 Å². The maximum absolute atomic E-state index is 6.50. The van der Waals surface area contributed by atoms with E-state index in [1.807, 2.05) is 18.2 Å². The first-order valence-electron chi connectivity index (χ1n) is 10.6. The summed E-state index contributed by atoms with van der Waals surface area (Å²) in [6.07, 6.45) is 3.12. The highest BCUT2D eigenvalue weighted by Crippen LogP contribution is 2.40. The third-order valence-corrected chi connectivity index (χ3v) is 11.1.